The summed E-state index contributed by atoms with van der Waals surface area (Å²) in [6, 6.07) is 7.03. The zero-order chi connectivity index (χ0) is 22.3. The van der Waals surface area contributed by atoms with Crippen LogP contribution in [0.3, 0.4) is 0 Å². The van der Waals surface area contributed by atoms with Crippen molar-refractivity contribution in [2.75, 3.05) is 13.1 Å². The van der Waals surface area contributed by atoms with Crippen LogP contribution in [0.1, 0.15) is 35.2 Å². The maximum atomic E-state index is 13.1. The number of nitrogens with one attached hydrogen (secondary N) is 1. The molecule has 0 aliphatic carbocycles. The van der Waals surface area contributed by atoms with Gasteiger partial charge in [-0.1, -0.05) is 12.1 Å². The van der Waals surface area contributed by atoms with Crippen molar-refractivity contribution in [3.05, 3.63) is 64.3 Å². The summed E-state index contributed by atoms with van der Waals surface area (Å²) in [6.07, 6.45) is -2.44. The Balaban J connectivity index is 1.44. The summed E-state index contributed by atoms with van der Waals surface area (Å²) in [5.74, 6) is -1.85. The van der Waals surface area contributed by atoms with Gasteiger partial charge in [0, 0.05) is 26.3 Å². The first-order chi connectivity index (χ1) is 14.6. The van der Waals surface area contributed by atoms with Gasteiger partial charge in [-0.05, 0) is 42.2 Å². The lowest BCUT2D eigenvalue weighted by atomic mass is 10.0. The summed E-state index contributed by atoms with van der Waals surface area (Å²) < 4.78 is 53.4. The highest BCUT2D eigenvalue weighted by molar-refractivity contribution is 5.94. The number of piperidine rings is 1. The molecule has 164 valence electrons. The Labute approximate surface area is 173 Å². The van der Waals surface area contributed by atoms with Gasteiger partial charge >= 0.3 is 11.9 Å². The number of H-pyrrole nitrogens is 1. The number of alkyl halides is 3. The highest BCUT2D eigenvalue weighted by Gasteiger charge is 2.39. The maximum Gasteiger partial charge on any atom is 0.451 e. The molecule has 0 unspecified atom stereocenters. The predicted molar refractivity (Wildman–Crippen MR) is 103 cm³/mol. The Bertz CT molecular complexity index is 1150. The molecule has 3 aromatic rings. The number of nitrogens with zero attached hydrogens (tertiary/aromatic N) is 4. The van der Waals surface area contributed by atoms with E-state index in [-0.39, 0.29) is 24.8 Å². The van der Waals surface area contributed by atoms with Gasteiger partial charge in [-0.25, -0.2) is 13.9 Å². The molecule has 1 N–H and O–H groups in total. The number of aromatic amines is 1. The second-order valence-electron chi connectivity index (χ2n) is 7.44. The fraction of sp³-hybridized carbons (Fsp3) is 0.350. The van der Waals surface area contributed by atoms with Crippen LogP contribution in [0.5, 0.6) is 0 Å². The van der Waals surface area contributed by atoms with Gasteiger partial charge in [-0.15, -0.1) is 5.10 Å². The molecule has 31 heavy (non-hydrogen) atoms. The van der Waals surface area contributed by atoms with Crippen LogP contribution in [0.4, 0.5) is 17.6 Å². The van der Waals surface area contributed by atoms with Crippen LogP contribution in [0.2, 0.25) is 0 Å². The quantitative estimate of drug-likeness (QED) is 0.640. The number of carbonyl (C=O) groups is 1. The molecule has 1 aromatic carbocycles. The summed E-state index contributed by atoms with van der Waals surface area (Å²) in [5.41, 5.74) is 1.01. The van der Waals surface area contributed by atoms with Gasteiger partial charge in [-0.3, -0.25) is 9.36 Å². The number of hydrogen-bond donors (Lipinski definition) is 1. The van der Waals surface area contributed by atoms with E-state index in [0.29, 0.717) is 23.1 Å². The van der Waals surface area contributed by atoms with E-state index in [2.05, 4.69) is 10.1 Å². The van der Waals surface area contributed by atoms with Crippen molar-refractivity contribution in [1.29, 1.82) is 0 Å². The maximum absolute atomic E-state index is 13.1. The summed E-state index contributed by atoms with van der Waals surface area (Å²) in [6.45, 7) is 0.553. The molecular weight excluding hydrogens is 418 g/mol. The van der Waals surface area contributed by atoms with Gasteiger partial charge in [0.15, 0.2) is 0 Å². The van der Waals surface area contributed by atoms with Crippen LogP contribution < -0.4 is 5.69 Å². The first kappa shape index (κ1) is 20.9. The van der Waals surface area contributed by atoms with Crippen molar-refractivity contribution in [1.82, 2.24) is 24.2 Å². The predicted octanol–water partition coefficient (Wildman–Crippen LogP) is 3.21. The Kier molecular flexibility index (Phi) is 5.19. The standard InChI is InChI=1S/C20H19F4N5O2/c1-27-18(20(22,23)24)26-29(19(27)31)15-6-8-28(9-7-15)17(30)16-10-13(11-25-16)12-2-4-14(21)5-3-12/h2-5,10-11,15,25H,6-9H2,1H3. The minimum atomic E-state index is -4.72. The zero-order valence-corrected chi connectivity index (χ0v) is 16.5. The van der Waals surface area contributed by atoms with Crippen LogP contribution >= 0.6 is 0 Å². The monoisotopic (exact) mass is 437 g/mol. The van der Waals surface area contributed by atoms with Gasteiger partial charge in [0.2, 0.25) is 5.82 Å². The van der Waals surface area contributed by atoms with E-state index >= 15 is 0 Å². The van der Waals surface area contributed by atoms with Gasteiger partial charge in [-0.2, -0.15) is 13.2 Å². The largest absolute Gasteiger partial charge is 0.451 e. The van der Waals surface area contributed by atoms with Crippen molar-refractivity contribution in [2.24, 2.45) is 7.05 Å². The molecule has 1 amide bonds. The summed E-state index contributed by atoms with van der Waals surface area (Å²) in [4.78, 5) is 29.5. The minimum absolute atomic E-state index is 0.254. The molecule has 1 saturated heterocycles. The molecule has 0 atom stereocenters. The number of aromatic nitrogens is 4. The second kappa shape index (κ2) is 7.71. The molecule has 1 aliphatic heterocycles. The molecule has 7 nitrogen and oxygen atoms in total. The Hall–Kier alpha value is -3.37. The minimum Gasteiger partial charge on any atom is -0.357 e. The van der Waals surface area contributed by atoms with Gasteiger partial charge in [0.05, 0.1) is 6.04 Å². The Morgan fingerprint density at radius 1 is 1.13 bits per heavy atom. The first-order valence-corrected chi connectivity index (χ1v) is 9.61. The van der Waals surface area contributed by atoms with E-state index in [1.807, 2.05) is 0 Å². The van der Waals surface area contributed by atoms with Crippen molar-refractivity contribution < 1.29 is 22.4 Å². The number of benzene rings is 1. The lowest BCUT2D eigenvalue weighted by Gasteiger charge is -2.31. The normalized spacial score (nSPS) is 15.5. The number of carbonyl (C=O) groups excluding carboxylic acids is 1. The average Bonchev–Trinajstić information content (AvgIpc) is 3.34. The smallest absolute Gasteiger partial charge is 0.357 e. The lowest BCUT2D eigenvalue weighted by molar-refractivity contribution is -0.147. The lowest BCUT2D eigenvalue weighted by Crippen LogP contribution is -2.41. The fourth-order valence-electron chi connectivity index (χ4n) is 3.75. The number of hydrogen-bond acceptors (Lipinski definition) is 3. The first-order valence-electron chi connectivity index (χ1n) is 9.61. The van der Waals surface area contributed by atoms with E-state index in [1.165, 1.54) is 12.1 Å². The van der Waals surface area contributed by atoms with Crippen molar-refractivity contribution in [3.63, 3.8) is 0 Å². The molecule has 0 radical (unpaired) electrons. The van der Waals surface area contributed by atoms with Crippen molar-refractivity contribution >= 4 is 5.91 Å². The number of amides is 1. The summed E-state index contributed by atoms with van der Waals surface area (Å²) in [5, 5.41) is 3.48. The molecule has 1 fully saturated rings. The van der Waals surface area contributed by atoms with Crippen LogP contribution in [-0.2, 0) is 13.2 Å². The molecule has 4 rings (SSSR count). The SMILES string of the molecule is Cn1c(C(F)(F)F)nn(C2CCN(C(=O)c3cc(-c4ccc(F)cc4)c[nH]3)CC2)c1=O. The second-order valence-corrected chi connectivity index (χ2v) is 7.44. The van der Waals surface area contributed by atoms with Gasteiger partial charge < -0.3 is 9.88 Å². The molecule has 0 spiro atoms. The van der Waals surface area contributed by atoms with E-state index in [1.54, 1.807) is 29.3 Å². The van der Waals surface area contributed by atoms with E-state index < -0.39 is 23.7 Å². The van der Waals surface area contributed by atoms with E-state index in [9.17, 15) is 27.2 Å². The van der Waals surface area contributed by atoms with Gasteiger partial charge in [0.1, 0.15) is 11.5 Å². The third-order valence-electron chi connectivity index (χ3n) is 5.45. The van der Waals surface area contributed by atoms with Gasteiger partial charge in [0.25, 0.3) is 5.91 Å². The molecule has 11 heteroatoms. The van der Waals surface area contributed by atoms with E-state index in [4.69, 9.17) is 0 Å². The topological polar surface area (TPSA) is 75.9 Å². The van der Waals surface area contributed by atoms with Crippen molar-refractivity contribution in [2.45, 2.75) is 25.1 Å². The van der Waals surface area contributed by atoms with Crippen LogP contribution in [0.25, 0.3) is 11.1 Å². The Morgan fingerprint density at radius 2 is 1.77 bits per heavy atom. The highest BCUT2D eigenvalue weighted by Crippen LogP contribution is 2.28. The summed E-state index contributed by atoms with van der Waals surface area (Å²) in [7, 11) is 1.04. The summed E-state index contributed by atoms with van der Waals surface area (Å²) >= 11 is 0. The Morgan fingerprint density at radius 3 is 2.35 bits per heavy atom. The molecule has 1 aliphatic rings. The number of rotatable bonds is 3. The molecule has 0 bridgehead atoms. The molecular formula is C20H19F4N5O2. The molecule has 0 saturated carbocycles. The highest BCUT2D eigenvalue weighted by atomic mass is 19.4. The van der Waals surface area contributed by atoms with Crippen molar-refractivity contribution in [3.8, 4) is 11.1 Å². The third-order valence-corrected chi connectivity index (χ3v) is 5.45. The number of likely N-dealkylation sites (tertiary alicyclic amines) is 1. The van der Waals surface area contributed by atoms with Crippen LogP contribution in [0.15, 0.2) is 41.3 Å². The van der Waals surface area contributed by atoms with E-state index in [0.717, 1.165) is 22.9 Å². The zero-order valence-electron chi connectivity index (χ0n) is 16.5. The molecule has 2 aromatic heterocycles. The average molecular weight is 437 g/mol. The fourth-order valence-corrected chi connectivity index (χ4v) is 3.75. The third kappa shape index (κ3) is 3.99. The number of halogens is 4. The van der Waals surface area contributed by atoms with Crippen LogP contribution in [-0.4, -0.2) is 43.2 Å². The molecule has 3 heterocycles. The van der Waals surface area contributed by atoms with Crippen LogP contribution in [0, 0.1) is 5.82 Å².